The van der Waals surface area contributed by atoms with Gasteiger partial charge in [-0.05, 0) is 49.2 Å². The lowest BCUT2D eigenvalue weighted by Crippen LogP contribution is -2.19. The minimum Gasteiger partial charge on any atom is -0.508 e. The van der Waals surface area contributed by atoms with Crippen molar-refractivity contribution < 1.29 is 9.84 Å². The maximum atomic E-state index is 9.40. The van der Waals surface area contributed by atoms with Crippen LogP contribution in [0.3, 0.4) is 0 Å². The molecule has 6 heteroatoms. The number of nitrogens with one attached hydrogen (secondary N) is 2. The number of aromatic hydroxyl groups is 1. The fourth-order valence-corrected chi connectivity index (χ4v) is 2.96. The first kappa shape index (κ1) is 15.7. The third-order valence-corrected chi connectivity index (χ3v) is 4.25. The van der Waals surface area contributed by atoms with E-state index in [1.54, 1.807) is 24.3 Å². The van der Waals surface area contributed by atoms with Gasteiger partial charge in [0.25, 0.3) is 0 Å². The minimum absolute atomic E-state index is 0.226. The molecule has 1 saturated heterocycles. The first-order chi connectivity index (χ1) is 12.3. The van der Waals surface area contributed by atoms with Crippen molar-refractivity contribution in [2.45, 2.75) is 18.9 Å². The zero-order valence-corrected chi connectivity index (χ0v) is 13.8. The molecule has 2 heterocycles. The van der Waals surface area contributed by atoms with Crippen LogP contribution in [-0.4, -0.2) is 34.3 Å². The normalized spacial score (nSPS) is 16.9. The van der Waals surface area contributed by atoms with Crippen molar-refractivity contribution in [3.05, 3.63) is 48.5 Å². The van der Waals surface area contributed by atoms with E-state index >= 15 is 0 Å². The van der Waals surface area contributed by atoms with Crippen LogP contribution in [0.4, 0.5) is 17.5 Å². The van der Waals surface area contributed by atoms with Crippen LogP contribution >= 0.6 is 0 Å². The molecule has 0 radical (unpaired) electrons. The highest BCUT2D eigenvalue weighted by Gasteiger charge is 2.16. The molecule has 3 N–H and O–H groups in total. The maximum absolute atomic E-state index is 9.40. The van der Waals surface area contributed by atoms with Gasteiger partial charge in [0, 0.05) is 24.2 Å². The SMILES string of the molecule is Oc1ccc(Nc2nc(NC[C@H]3CCCO3)c3ccccc3n2)cc1. The van der Waals surface area contributed by atoms with Gasteiger partial charge in [0.15, 0.2) is 0 Å². The Balaban J connectivity index is 1.61. The largest absolute Gasteiger partial charge is 0.508 e. The van der Waals surface area contributed by atoms with Crippen LogP contribution in [0, 0.1) is 0 Å². The summed E-state index contributed by atoms with van der Waals surface area (Å²) in [4.78, 5) is 9.21. The third-order valence-electron chi connectivity index (χ3n) is 4.25. The Kier molecular flexibility index (Phi) is 4.35. The number of hydrogen-bond donors (Lipinski definition) is 3. The Labute approximate surface area is 145 Å². The summed E-state index contributed by atoms with van der Waals surface area (Å²) in [6.45, 7) is 1.57. The standard InChI is InChI=1S/C19H20N4O2/c24-14-9-7-13(8-10-14)21-19-22-17-6-2-1-5-16(17)18(23-19)20-12-15-4-3-11-25-15/h1-2,5-10,15,24H,3-4,11-12H2,(H2,20,21,22,23)/t15-/m1/s1. The lowest BCUT2D eigenvalue weighted by atomic mass is 10.2. The van der Waals surface area contributed by atoms with E-state index in [-0.39, 0.29) is 11.9 Å². The van der Waals surface area contributed by atoms with Gasteiger partial charge in [0.1, 0.15) is 11.6 Å². The summed E-state index contributed by atoms with van der Waals surface area (Å²) in [6, 6.07) is 14.7. The van der Waals surface area contributed by atoms with Crippen molar-refractivity contribution in [2.24, 2.45) is 0 Å². The van der Waals surface area contributed by atoms with E-state index in [1.165, 1.54) is 0 Å². The van der Waals surface area contributed by atoms with Gasteiger partial charge in [0.05, 0.1) is 11.6 Å². The molecule has 1 atom stereocenters. The number of para-hydroxylation sites is 1. The summed E-state index contributed by atoms with van der Waals surface area (Å²) in [7, 11) is 0. The summed E-state index contributed by atoms with van der Waals surface area (Å²) in [6.07, 6.45) is 2.43. The molecule has 3 aromatic rings. The third kappa shape index (κ3) is 3.64. The fourth-order valence-electron chi connectivity index (χ4n) is 2.96. The molecule has 0 spiro atoms. The molecule has 1 fully saturated rings. The number of phenols is 1. The number of aromatic nitrogens is 2. The number of benzene rings is 2. The molecule has 1 aliphatic heterocycles. The smallest absolute Gasteiger partial charge is 0.229 e. The van der Waals surface area contributed by atoms with E-state index in [0.29, 0.717) is 5.95 Å². The van der Waals surface area contributed by atoms with E-state index < -0.39 is 0 Å². The van der Waals surface area contributed by atoms with Gasteiger partial charge >= 0.3 is 0 Å². The highest BCUT2D eigenvalue weighted by atomic mass is 16.5. The van der Waals surface area contributed by atoms with Crippen molar-refractivity contribution >= 4 is 28.4 Å². The molecular formula is C19H20N4O2. The summed E-state index contributed by atoms with van der Waals surface area (Å²) < 4.78 is 5.68. The summed E-state index contributed by atoms with van der Waals surface area (Å²) in [5, 5.41) is 17.0. The molecule has 1 aromatic heterocycles. The molecule has 2 aromatic carbocycles. The van der Waals surface area contributed by atoms with Crippen LogP contribution in [0.15, 0.2) is 48.5 Å². The Bertz CT molecular complexity index is 861. The van der Waals surface area contributed by atoms with E-state index in [2.05, 4.69) is 20.6 Å². The second-order valence-corrected chi connectivity index (χ2v) is 6.10. The van der Waals surface area contributed by atoms with E-state index in [4.69, 9.17) is 4.74 Å². The molecule has 6 nitrogen and oxygen atoms in total. The topological polar surface area (TPSA) is 79.3 Å². The number of phenolic OH excluding ortho intramolecular Hbond substituents is 1. The lowest BCUT2D eigenvalue weighted by Gasteiger charge is -2.14. The molecule has 4 rings (SSSR count). The molecule has 0 amide bonds. The molecule has 0 unspecified atom stereocenters. The van der Waals surface area contributed by atoms with Crippen LogP contribution in [0.25, 0.3) is 10.9 Å². The summed E-state index contributed by atoms with van der Waals surface area (Å²) in [5.41, 5.74) is 1.69. The first-order valence-corrected chi connectivity index (χ1v) is 8.46. The van der Waals surface area contributed by atoms with Gasteiger partial charge in [-0.15, -0.1) is 0 Å². The van der Waals surface area contributed by atoms with Gasteiger partial charge in [0.2, 0.25) is 5.95 Å². The van der Waals surface area contributed by atoms with E-state index in [1.807, 2.05) is 24.3 Å². The van der Waals surface area contributed by atoms with Gasteiger partial charge < -0.3 is 20.5 Å². The Morgan fingerprint density at radius 1 is 1.08 bits per heavy atom. The van der Waals surface area contributed by atoms with Crippen molar-refractivity contribution in [3.63, 3.8) is 0 Å². The Morgan fingerprint density at radius 2 is 1.92 bits per heavy atom. The monoisotopic (exact) mass is 336 g/mol. The Hall–Kier alpha value is -2.86. The maximum Gasteiger partial charge on any atom is 0.229 e. The highest BCUT2D eigenvalue weighted by Crippen LogP contribution is 2.25. The Morgan fingerprint density at radius 3 is 2.72 bits per heavy atom. The highest BCUT2D eigenvalue weighted by molar-refractivity contribution is 5.90. The van der Waals surface area contributed by atoms with Crippen LogP contribution in [0.2, 0.25) is 0 Å². The second kappa shape index (κ2) is 6.94. The van der Waals surface area contributed by atoms with Crippen molar-refractivity contribution in [1.82, 2.24) is 9.97 Å². The number of rotatable bonds is 5. The zero-order valence-electron chi connectivity index (χ0n) is 13.8. The predicted molar refractivity (Wildman–Crippen MR) is 98.4 cm³/mol. The number of ether oxygens (including phenoxy) is 1. The molecule has 0 aliphatic carbocycles. The van der Waals surface area contributed by atoms with Gasteiger partial charge in [-0.3, -0.25) is 0 Å². The lowest BCUT2D eigenvalue weighted by molar-refractivity contribution is 0.120. The quantitative estimate of drug-likeness (QED) is 0.617. The van der Waals surface area contributed by atoms with Crippen molar-refractivity contribution in [1.29, 1.82) is 0 Å². The van der Waals surface area contributed by atoms with Crippen molar-refractivity contribution in [2.75, 3.05) is 23.8 Å². The van der Waals surface area contributed by atoms with Gasteiger partial charge in [-0.1, -0.05) is 12.1 Å². The van der Waals surface area contributed by atoms with E-state index in [0.717, 1.165) is 48.4 Å². The van der Waals surface area contributed by atoms with Crippen LogP contribution in [0.5, 0.6) is 5.75 Å². The fraction of sp³-hybridized carbons (Fsp3) is 0.263. The molecular weight excluding hydrogens is 316 g/mol. The minimum atomic E-state index is 0.226. The van der Waals surface area contributed by atoms with Crippen LogP contribution in [-0.2, 0) is 4.74 Å². The van der Waals surface area contributed by atoms with Gasteiger partial charge in [-0.25, -0.2) is 4.98 Å². The first-order valence-electron chi connectivity index (χ1n) is 8.46. The molecule has 25 heavy (non-hydrogen) atoms. The molecule has 0 saturated carbocycles. The van der Waals surface area contributed by atoms with Gasteiger partial charge in [-0.2, -0.15) is 4.98 Å². The van der Waals surface area contributed by atoms with E-state index in [9.17, 15) is 5.11 Å². The number of nitrogens with zero attached hydrogens (tertiary/aromatic N) is 2. The second-order valence-electron chi connectivity index (χ2n) is 6.10. The predicted octanol–water partition coefficient (Wildman–Crippen LogP) is 3.67. The number of hydrogen-bond acceptors (Lipinski definition) is 6. The zero-order chi connectivity index (χ0) is 17.1. The molecule has 1 aliphatic rings. The molecule has 0 bridgehead atoms. The van der Waals surface area contributed by atoms with Crippen LogP contribution in [0.1, 0.15) is 12.8 Å². The average Bonchev–Trinajstić information content (AvgIpc) is 3.15. The van der Waals surface area contributed by atoms with Crippen molar-refractivity contribution in [3.8, 4) is 5.75 Å². The number of fused-ring (bicyclic) bond motifs is 1. The average molecular weight is 336 g/mol. The van der Waals surface area contributed by atoms with Crippen LogP contribution < -0.4 is 10.6 Å². The molecule has 128 valence electrons. The summed E-state index contributed by atoms with van der Waals surface area (Å²) >= 11 is 0. The number of anilines is 3. The summed E-state index contributed by atoms with van der Waals surface area (Å²) in [5.74, 6) is 1.53.